The molecule has 1 unspecified atom stereocenters. The Morgan fingerprint density at radius 2 is 1.95 bits per heavy atom. The zero-order chi connectivity index (χ0) is 14.9. The average molecular weight is 290 g/mol. The summed E-state index contributed by atoms with van der Waals surface area (Å²) in [7, 11) is 0. The van der Waals surface area contributed by atoms with Crippen molar-refractivity contribution in [1.29, 1.82) is 0 Å². The Kier molecular flexibility index (Phi) is 3.45. The molecule has 2 nitrogen and oxygen atoms in total. The molecule has 0 amide bonds. The van der Waals surface area contributed by atoms with Crippen molar-refractivity contribution in [2.75, 3.05) is 11.4 Å². The highest BCUT2D eigenvalue weighted by molar-refractivity contribution is 5.58. The van der Waals surface area contributed by atoms with Crippen molar-refractivity contribution >= 4 is 5.82 Å². The van der Waals surface area contributed by atoms with Gasteiger partial charge >= 0.3 is 0 Å². The fraction of sp³-hybridized carbons (Fsp3) is 0.350. The SMILES string of the molecule is CCC1=C(N2CCc3cccnc32)CC(c2ccccc2)C1. The molecule has 2 heteroatoms. The molecule has 0 bridgehead atoms. The lowest BCUT2D eigenvalue weighted by Crippen LogP contribution is -2.20. The molecule has 0 radical (unpaired) electrons. The standard InChI is InChI=1S/C20H22N2/c1-2-15-13-18(16-7-4-3-5-8-16)14-19(15)22-12-10-17-9-6-11-21-20(17)22/h3-9,11,18H,2,10,12-14H2,1H3. The van der Waals surface area contributed by atoms with E-state index < -0.39 is 0 Å². The van der Waals surface area contributed by atoms with Crippen LogP contribution in [0.25, 0.3) is 0 Å². The molecule has 1 atom stereocenters. The summed E-state index contributed by atoms with van der Waals surface area (Å²) in [5.74, 6) is 1.83. The number of hydrogen-bond acceptors (Lipinski definition) is 2. The molecule has 0 N–H and O–H groups in total. The van der Waals surface area contributed by atoms with E-state index in [4.69, 9.17) is 0 Å². The topological polar surface area (TPSA) is 16.1 Å². The summed E-state index contributed by atoms with van der Waals surface area (Å²) in [5.41, 5.74) is 6.03. The number of aromatic nitrogens is 1. The Hall–Kier alpha value is -2.09. The molecule has 1 aliphatic heterocycles. The predicted molar refractivity (Wildman–Crippen MR) is 91.0 cm³/mol. The minimum Gasteiger partial charge on any atom is -0.330 e. The fourth-order valence-electron chi connectivity index (χ4n) is 3.94. The van der Waals surface area contributed by atoms with Crippen molar-refractivity contribution in [3.63, 3.8) is 0 Å². The first-order valence-corrected chi connectivity index (χ1v) is 8.34. The van der Waals surface area contributed by atoms with Crippen LogP contribution in [0.1, 0.15) is 43.2 Å². The molecule has 4 rings (SSSR count). The van der Waals surface area contributed by atoms with Gasteiger partial charge < -0.3 is 4.90 Å². The van der Waals surface area contributed by atoms with E-state index in [0.717, 1.165) is 25.8 Å². The summed E-state index contributed by atoms with van der Waals surface area (Å²) >= 11 is 0. The van der Waals surface area contributed by atoms with E-state index in [2.05, 4.69) is 59.3 Å². The number of fused-ring (bicyclic) bond motifs is 1. The zero-order valence-electron chi connectivity index (χ0n) is 13.1. The third kappa shape index (κ3) is 2.23. The number of anilines is 1. The lowest BCUT2D eigenvalue weighted by atomic mass is 9.95. The van der Waals surface area contributed by atoms with Gasteiger partial charge in [-0.2, -0.15) is 0 Å². The highest BCUT2D eigenvalue weighted by Gasteiger charge is 2.31. The Labute approximate surface area is 132 Å². The molecule has 1 aliphatic carbocycles. The van der Waals surface area contributed by atoms with Gasteiger partial charge in [0.1, 0.15) is 5.82 Å². The molecule has 0 fully saturated rings. The first-order chi connectivity index (χ1) is 10.9. The monoisotopic (exact) mass is 290 g/mol. The van der Waals surface area contributed by atoms with Crippen LogP contribution in [0, 0.1) is 0 Å². The lowest BCUT2D eigenvalue weighted by molar-refractivity contribution is 0.714. The highest BCUT2D eigenvalue weighted by atomic mass is 15.2. The molecule has 2 aromatic rings. The first-order valence-electron chi connectivity index (χ1n) is 8.34. The van der Waals surface area contributed by atoms with Crippen molar-refractivity contribution in [2.45, 2.75) is 38.5 Å². The molecule has 0 spiro atoms. The average Bonchev–Trinajstić information content (AvgIpc) is 3.19. The summed E-state index contributed by atoms with van der Waals surface area (Å²) in [4.78, 5) is 7.13. The second-order valence-electron chi connectivity index (χ2n) is 6.31. The van der Waals surface area contributed by atoms with Crippen LogP contribution in [0.5, 0.6) is 0 Å². The molecular formula is C20H22N2. The molecule has 2 aliphatic rings. The molecule has 112 valence electrons. The number of nitrogens with zero attached hydrogens (tertiary/aromatic N) is 2. The van der Waals surface area contributed by atoms with E-state index in [1.807, 2.05) is 6.20 Å². The molecule has 22 heavy (non-hydrogen) atoms. The van der Waals surface area contributed by atoms with Gasteiger partial charge in [0.05, 0.1) is 0 Å². The molecule has 0 saturated heterocycles. The van der Waals surface area contributed by atoms with Crippen molar-refractivity contribution in [2.24, 2.45) is 0 Å². The van der Waals surface area contributed by atoms with Crippen LogP contribution in [0.2, 0.25) is 0 Å². The van der Waals surface area contributed by atoms with Gasteiger partial charge in [-0.1, -0.05) is 48.9 Å². The number of hydrogen-bond donors (Lipinski definition) is 0. The van der Waals surface area contributed by atoms with Crippen LogP contribution >= 0.6 is 0 Å². The number of benzene rings is 1. The third-order valence-corrected chi connectivity index (χ3v) is 5.09. The van der Waals surface area contributed by atoms with Crippen LogP contribution in [-0.4, -0.2) is 11.5 Å². The number of rotatable bonds is 3. The van der Waals surface area contributed by atoms with Gasteiger partial charge in [0.15, 0.2) is 0 Å². The smallest absolute Gasteiger partial charge is 0.135 e. The van der Waals surface area contributed by atoms with E-state index in [9.17, 15) is 0 Å². The van der Waals surface area contributed by atoms with Gasteiger partial charge in [0.2, 0.25) is 0 Å². The van der Waals surface area contributed by atoms with E-state index in [0.29, 0.717) is 5.92 Å². The van der Waals surface area contributed by atoms with Gasteiger partial charge in [0, 0.05) is 18.4 Å². The van der Waals surface area contributed by atoms with Gasteiger partial charge in [-0.05, 0) is 48.8 Å². The maximum absolute atomic E-state index is 4.64. The van der Waals surface area contributed by atoms with Crippen molar-refractivity contribution in [3.8, 4) is 0 Å². The Balaban J connectivity index is 1.64. The summed E-state index contributed by atoms with van der Waals surface area (Å²) in [6.07, 6.45) is 6.56. The summed E-state index contributed by atoms with van der Waals surface area (Å²) in [6.45, 7) is 3.38. The predicted octanol–water partition coefficient (Wildman–Crippen LogP) is 4.69. The second kappa shape index (κ2) is 5.60. The van der Waals surface area contributed by atoms with Crippen LogP contribution in [0.3, 0.4) is 0 Å². The largest absolute Gasteiger partial charge is 0.330 e. The quantitative estimate of drug-likeness (QED) is 0.815. The van der Waals surface area contributed by atoms with E-state index >= 15 is 0 Å². The summed E-state index contributed by atoms with van der Waals surface area (Å²) in [6, 6.07) is 15.2. The van der Waals surface area contributed by atoms with Gasteiger partial charge in [-0.25, -0.2) is 4.98 Å². The normalized spacial score (nSPS) is 20.6. The van der Waals surface area contributed by atoms with Gasteiger partial charge in [-0.3, -0.25) is 0 Å². The van der Waals surface area contributed by atoms with E-state index in [1.54, 1.807) is 5.57 Å². The Morgan fingerprint density at radius 1 is 1.09 bits per heavy atom. The van der Waals surface area contributed by atoms with E-state index in [-0.39, 0.29) is 0 Å². The van der Waals surface area contributed by atoms with Crippen LogP contribution in [0.15, 0.2) is 59.9 Å². The van der Waals surface area contributed by atoms with Crippen molar-refractivity contribution in [1.82, 2.24) is 4.98 Å². The zero-order valence-corrected chi connectivity index (χ0v) is 13.1. The summed E-state index contributed by atoms with van der Waals surface area (Å²) in [5, 5.41) is 0. The first kappa shape index (κ1) is 13.6. The third-order valence-electron chi connectivity index (χ3n) is 5.09. The molecule has 0 saturated carbocycles. The Bertz CT molecular complexity index is 703. The van der Waals surface area contributed by atoms with Crippen LogP contribution in [-0.2, 0) is 6.42 Å². The molecule has 1 aromatic heterocycles. The minimum absolute atomic E-state index is 0.638. The number of pyridine rings is 1. The van der Waals surface area contributed by atoms with Crippen molar-refractivity contribution < 1.29 is 0 Å². The fourth-order valence-corrected chi connectivity index (χ4v) is 3.94. The van der Waals surface area contributed by atoms with Crippen molar-refractivity contribution in [3.05, 3.63) is 71.1 Å². The lowest BCUT2D eigenvalue weighted by Gasteiger charge is -2.22. The molecule has 2 heterocycles. The summed E-state index contributed by atoms with van der Waals surface area (Å²) < 4.78 is 0. The molecule has 1 aromatic carbocycles. The maximum atomic E-state index is 4.64. The second-order valence-corrected chi connectivity index (χ2v) is 6.31. The van der Waals surface area contributed by atoms with Gasteiger partial charge in [-0.15, -0.1) is 0 Å². The molecular weight excluding hydrogens is 268 g/mol. The number of allylic oxidation sites excluding steroid dienone is 2. The highest BCUT2D eigenvalue weighted by Crippen LogP contribution is 2.44. The van der Waals surface area contributed by atoms with Crippen LogP contribution < -0.4 is 4.90 Å². The van der Waals surface area contributed by atoms with Gasteiger partial charge in [0.25, 0.3) is 0 Å². The Morgan fingerprint density at radius 3 is 2.77 bits per heavy atom. The maximum Gasteiger partial charge on any atom is 0.135 e. The van der Waals surface area contributed by atoms with E-state index in [1.165, 1.54) is 29.1 Å². The van der Waals surface area contributed by atoms with Crippen LogP contribution in [0.4, 0.5) is 5.82 Å². The minimum atomic E-state index is 0.638.